The van der Waals surface area contributed by atoms with Gasteiger partial charge in [0.25, 0.3) is 0 Å². The molecular formula is C24H34ClNO7SSi. The summed E-state index contributed by atoms with van der Waals surface area (Å²) in [7, 11) is -4.11. The number of ether oxygens (including phenoxy) is 2. The molecule has 0 saturated heterocycles. The van der Waals surface area contributed by atoms with Gasteiger partial charge < -0.3 is 24.3 Å². The van der Waals surface area contributed by atoms with Crippen LogP contribution in [0, 0.1) is 0 Å². The summed E-state index contributed by atoms with van der Waals surface area (Å²) in [6, 6.07) is 7.69. The molecule has 0 aliphatic rings. The molecule has 0 aromatic heterocycles. The summed E-state index contributed by atoms with van der Waals surface area (Å²) in [6.45, 7) is 11.3. The van der Waals surface area contributed by atoms with Crippen LogP contribution in [0.4, 0.5) is 5.69 Å². The number of aliphatic carboxylic acids is 1. The van der Waals surface area contributed by atoms with Crippen molar-refractivity contribution in [3.63, 3.8) is 0 Å². The quantitative estimate of drug-likeness (QED) is 0.286. The van der Waals surface area contributed by atoms with Gasteiger partial charge in [-0.15, -0.1) is 0 Å². The number of hydrogen-bond donors (Lipinski definition) is 2. The van der Waals surface area contributed by atoms with Crippen molar-refractivity contribution >= 4 is 41.4 Å². The van der Waals surface area contributed by atoms with Crippen LogP contribution in [0.2, 0.25) is 23.2 Å². The topological polar surface area (TPSA) is 111 Å². The third-order valence-electron chi connectivity index (χ3n) is 6.00. The Hall–Kier alpha value is -2.27. The van der Waals surface area contributed by atoms with Crippen molar-refractivity contribution in [3.05, 3.63) is 47.0 Å². The fourth-order valence-corrected chi connectivity index (χ4v) is 4.82. The molecule has 194 valence electrons. The Kier molecular flexibility index (Phi) is 9.26. The zero-order chi connectivity index (χ0) is 26.6. The molecule has 2 aromatic carbocycles. The number of benzene rings is 2. The molecule has 0 bridgehead atoms. The van der Waals surface area contributed by atoms with Crippen molar-refractivity contribution < 1.29 is 32.2 Å². The van der Waals surface area contributed by atoms with Crippen LogP contribution < -0.4 is 14.8 Å². The van der Waals surface area contributed by atoms with Gasteiger partial charge in [-0.3, -0.25) is 0 Å². The van der Waals surface area contributed by atoms with E-state index in [2.05, 4.69) is 39.2 Å². The average Bonchev–Trinajstić information content (AvgIpc) is 2.73. The summed E-state index contributed by atoms with van der Waals surface area (Å²) in [5.74, 6) is -0.615. The normalized spacial score (nSPS) is 13.3. The molecule has 1 atom stereocenters. The first-order valence-electron chi connectivity index (χ1n) is 11.0. The molecule has 0 fully saturated rings. The molecule has 0 aliphatic carbocycles. The van der Waals surface area contributed by atoms with E-state index in [9.17, 15) is 18.3 Å². The summed E-state index contributed by atoms with van der Waals surface area (Å²) in [4.78, 5) is 12.2. The zero-order valence-corrected chi connectivity index (χ0v) is 23.7. The molecule has 0 heterocycles. The summed E-state index contributed by atoms with van der Waals surface area (Å²) in [6.07, 6.45) is 1.07. The van der Waals surface area contributed by atoms with Crippen LogP contribution in [-0.4, -0.2) is 54.4 Å². The minimum Gasteiger partial charge on any atom is -0.497 e. The number of sulfone groups is 1. The Morgan fingerprint density at radius 3 is 2.34 bits per heavy atom. The molecule has 0 spiro atoms. The van der Waals surface area contributed by atoms with Crippen LogP contribution in [-0.2, 0) is 19.1 Å². The number of rotatable bonds is 11. The third kappa shape index (κ3) is 7.86. The van der Waals surface area contributed by atoms with Gasteiger partial charge in [0.1, 0.15) is 18.1 Å². The maximum Gasteiger partial charge on any atom is 0.330 e. The van der Waals surface area contributed by atoms with Gasteiger partial charge in [-0.25, -0.2) is 13.2 Å². The van der Waals surface area contributed by atoms with Gasteiger partial charge in [-0.05, 0) is 42.4 Å². The van der Waals surface area contributed by atoms with Gasteiger partial charge in [-0.2, -0.15) is 0 Å². The van der Waals surface area contributed by atoms with Gasteiger partial charge in [0.05, 0.1) is 18.6 Å². The fraction of sp³-hybridized carbons (Fsp3) is 0.458. The Bertz CT molecular complexity index is 1160. The number of carboxylic acids is 1. The molecule has 11 heteroatoms. The number of carbonyl (C=O) groups is 1. The van der Waals surface area contributed by atoms with Crippen molar-refractivity contribution in [2.45, 2.75) is 49.8 Å². The standard InChI is InChI=1S/C24H34ClNO7SSi/c1-24(2,3)35(6,7)33-11-10-32-21-12-16(25)8-9-20(21)22(23(27)28)26-17-13-18(31-4)15-19(14-17)34(5,29)30/h8-9,12-15,22,26H,10-11H2,1-7H3,(H,27,28). The molecule has 2 rings (SSSR count). The number of anilines is 1. The van der Waals surface area contributed by atoms with Crippen LogP contribution in [0.3, 0.4) is 0 Å². The van der Waals surface area contributed by atoms with E-state index < -0.39 is 30.2 Å². The second-order valence-corrected chi connectivity index (χ2v) is 17.0. The maximum absolute atomic E-state index is 12.2. The minimum absolute atomic E-state index is 0.00107. The van der Waals surface area contributed by atoms with Crippen molar-refractivity contribution in [3.8, 4) is 11.5 Å². The Morgan fingerprint density at radius 1 is 1.14 bits per heavy atom. The molecular weight excluding hydrogens is 510 g/mol. The highest BCUT2D eigenvalue weighted by atomic mass is 35.5. The lowest BCUT2D eigenvalue weighted by Crippen LogP contribution is -2.41. The minimum atomic E-state index is -3.55. The number of nitrogens with one attached hydrogen (secondary N) is 1. The molecule has 2 N–H and O–H groups in total. The van der Waals surface area contributed by atoms with Crippen LogP contribution >= 0.6 is 11.6 Å². The first-order chi connectivity index (χ1) is 16.0. The van der Waals surface area contributed by atoms with E-state index in [-0.39, 0.29) is 28.0 Å². The van der Waals surface area contributed by atoms with Crippen molar-refractivity contribution in [1.29, 1.82) is 0 Å². The maximum atomic E-state index is 12.2. The summed E-state index contributed by atoms with van der Waals surface area (Å²) < 4.78 is 41.4. The monoisotopic (exact) mass is 543 g/mol. The van der Waals surface area contributed by atoms with Crippen LogP contribution in [0.1, 0.15) is 32.4 Å². The molecule has 35 heavy (non-hydrogen) atoms. The van der Waals surface area contributed by atoms with E-state index in [1.165, 1.54) is 25.3 Å². The second kappa shape index (κ2) is 11.2. The molecule has 0 saturated carbocycles. The van der Waals surface area contributed by atoms with E-state index in [1.807, 2.05) is 0 Å². The highest BCUT2D eigenvalue weighted by Crippen LogP contribution is 2.37. The van der Waals surface area contributed by atoms with E-state index in [0.29, 0.717) is 22.9 Å². The lowest BCUT2D eigenvalue weighted by molar-refractivity contribution is -0.138. The molecule has 0 amide bonds. The predicted octanol–water partition coefficient (Wildman–Crippen LogP) is 5.39. The molecule has 8 nitrogen and oxygen atoms in total. The summed E-state index contributed by atoms with van der Waals surface area (Å²) >= 11 is 6.16. The van der Waals surface area contributed by atoms with Crippen LogP contribution in [0.25, 0.3) is 0 Å². The largest absolute Gasteiger partial charge is 0.497 e. The number of hydrogen-bond acceptors (Lipinski definition) is 7. The van der Waals surface area contributed by atoms with Crippen molar-refractivity contribution in [2.24, 2.45) is 0 Å². The van der Waals surface area contributed by atoms with Gasteiger partial charge in [0, 0.05) is 28.6 Å². The highest BCUT2D eigenvalue weighted by Gasteiger charge is 2.37. The van der Waals surface area contributed by atoms with Gasteiger partial charge in [0.15, 0.2) is 24.2 Å². The lowest BCUT2D eigenvalue weighted by atomic mass is 10.1. The summed E-state index contributed by atoms with van der Waals surface area (Å²) in [5, 5.41) is 13.3. The highest BCUT2D eigenvalue weighted by molar-refractivity contribution is 7.90. The molecule has 0 aliphatic heterocycles. The smallest absolute Gasteiger partial charge is 0.330 e. The van der Waals surface area contributed by atoms with Gasteiger partial charge in [0.2, 0.25) is 0 Å². The Balaban J connectivity index is 2.32. The van der Waals surface area contributed by atoms with Crippen LogP contribution in [0.5, 0.6) is 11.5 Å². The zero-order valence-electron chi connectivity index (χ0n) is 21.1. The van der Waals surface area contributed by atoms with Gasteiger partial charge >= 0.3 is 5.97 Å². The SMILES string of the molecule is COc1cc(NC(C(=O)O)c2ccc(Cl)cc2OCCO[Si](C)(C)C(C)(C)C)cc(S(C)(=O)=O)c1. The summed E-state index contributed by atoms with van der Waals surface area (Å²) in [5.41, 5.74) is 0.595. The number of carboxylic acid groups (broad SMARTS) is 1. The Morgan fingerprint density at radius 2 is 1.80 bits per heavy atom. The number of halogens is 1. The fourth-order valence-electron chi connectivity index (χ4n) is 2.96. The Labute approximate surface area is 213 Å². The molecule has 2 aromatic rings. The first-order valence-corrected chi connectivity index (χ1v) is 16.2. The van der Waals surface area contributed by atoms with E-state index >= 15 is 0 Å². The second-order valence-electron chi connectivity index (χ2n) is 9.72. The first kappa shape index (κ1) is 29.0. The third-order valence-corrected chi connectivity index (χ3v) is 11.9. The average molecular weight is 544 g/mol. The van der Waals surface area contributed by atoms with E-state index in [0.717, 1.165) is 6.26 Å². The molecule has 0 radical (unpaired) electrons. The van der Waals surface area contributed by atoms with E-state index in [4.69, 9.17) is 25.5 Å². The van der Waals surface area contributed by atoms with Gasteiger partial charge in [-0.1, -0.05) is 38.4 Å². The molecule has 1 unspecified atom stereocenters. The lowest BCUT2D eigenvalue weighted by Gasteiger charge is -2.36. The van der Waals surface area contributed by atoms with Crippen LogP contribution in [0.15, 0.2) is 41.3 Å². The van der Waals surface area contributed by atoms with Crippen molar-refractivity contribution in [1.82, 2.24) is 0 Å². The number of methoxy groups -OCH3 is 1. The predicted molar refractivity (Wildman–Crippen MR) is 140 cm³/mol. The van der Waals surface area contributed by atoms with Crippen molar-refractivity contribution in [2.75, 3.05) is 31.9 Å². The van der Waals surface area contributed by atoms with E-state index in [1.54, 1.807) is 18.2 Å².